The van der Waals surface area contributed by atoms with E-state index in [4.69, 9.17) is 0 Å². The summed E-state index contributed by atoms with van der Waals surface area (Å²) in [4.78, 5) is 14.4. The van der Waals surface area contributed by atoms with E-state index in [0.717, 1.165) is 10.0 Å². The predicted molar refractivity (Wildman–Crippen MR) is 110 cm³/mol. The number of rotatable bonds is 8. The van der Waals surface area contributed by atoms with E-state index in [2.05, 4.69) is 21.2 Å². The fourth-order valence-corrected chi connectivity index (χ4v) is 3.93. The zero-order valence-electron chi connectivity index (χ0n) is 15.6. The molecule has 2 aromatic rings. The maximum absolute atomic E-state index is 12.4. The summed E-state index contributed by atoms with van der Waals surface area (Å²) in [6, 6.07) is 14.6. The number of amides is 1. The highest BCUT2D eigenvalue weighted by Crippen LogP contribution is 2.18. The molecule has 0 spiro atoms. The van der Waals surface area contributed by atoms with Gasteiger partial charge in [-0.25, -0.2) is 12.7 Å². The summed E-state index contributed by atoms with van der Waals surface area (Å²) in [7, 11) is 1.29. The molecule has 0 radical (unpaired) electrons. The number of hydrogen-bond acceptors (Lipinski definition) is 4. The van der Waals surface area contributed by atoms with Gasteiger partial charge in [-0.1, -0.05) is 46.3 Å². The van der Waals surface area contributed by atoms with Gasteiger partial charge in [0.1, 0.15) is 0 Å². The predicted octanol–water partition coefficient (Wildman–Crippen LogP) is 2.45. The van der Waals surface area contributed by atoms with Crippen molar-refractivity contribution >= 4 is 31.9 Å². The smallest absolute Gasteiger partial charge is 0.242 e. The van der Waals surface area contributed by atoms with Crippen LogP contribution in [-0.2, 0) is 27.9 Å². The van der Waals surface area contributed by atoms with Crippen LogP contribution in [0.4, 0.5) is 0 Å². The molecule has 1 N–H and O–H groups in total. The first-order valence-corrected chi connectivity index (χ1v) is 10.6. The second kappa shape index (κ2) is 9.45. The van der Waals surface area contributed by atoms with E-state index >= 15 is 0 Å². The number of nitrogens with zero attached hydrogens (tertiary/aromatic N) is 2. The molecule has 0 aliphatic carbocycles. The van der Waals surface area contributed by atoms with Gasteiger partial charge in [0.15, 0.2) is 0 Å². The third-order valence-electron chi connectivity index (χ3n) is 3.99. The fraction of sp³-hybridized carbons (Fsp3) is 0.316. The molecule has 0 aliphatic heterocycles. The van der Waals surface area contributed by atoms with Gasteiger partial charge in [-0.3, -0.25) is 9.69 Å². The lowest BCUT2D eigenvalue weighted by atomic mass is 10.2. The van der Waals surface area contributed by atoms with E-state index in [-0.39, 0.29) is 23.9 Å². The van der Waals surface area contributed by atoms with Crippen LogP contribution in [-0.4, -0.2) is 51.2 Å². The van der Waals surface area contributed by atoms with Crippen LogP contribution in [0.5, 0.6) is 0 Å². The molecule has 6 nitrogen and oxygen atoms in total. The van der Waals surface area contributed by atoms with Gasteiger partial charge >= 0.3 is 0 Å². The zero-order chi connectivity index (χ0) is 20.0. The Morgan fingerprint density at radius 1 is 1.04 bits per heavy atom. The molecule has 2 rings (SSSR count). The van der Waals surface area contributed by atoms with Crippen molar-refractivity contribution in [3.63, 3.8) is 0 Å². The van der Waals surface area contributed by atoms with Crippen molar-refractivity contribution in [1.82, 2.24) is 14.5 Å². The molecule has 0 heterocycles. The lowest BCUT2D eigenvalue weighted by Gasteiger charge is -2.18. The summed E-state index contributed by atoms with van der Waals surface area (Å²) < 4.78 is 27.0. The Balaban J connectivity index is 1.95. The van der Waals surface area contributed by atoms with Gasteiger partial charge in [0.25, 0.3) is 0 Å². The van der Waals surface area contributed by atoms with Gasteiger partial charge in [0, 0.05) is 31.7 Å². The quantitative estimate of drug-likeness (QED) is 0.666. The zero-order valence-corrected chi connectivity index (χ0v) is 18.0. The minimum atomic E-state index is -3.55. The molecule has 0 atom stereocenters. The minimum absolute atomic E-state index is 0.160. The van der Waals surface area contributed by atoms with Crippen molar-refractivity contribution < 1.29 is 13.2 Å². The van der Waals surface area contributed by atoms with Crippen molar-refractivity contribution in [2.45, 2.75) is 18.0 Å². The molecule has 0 aromatic heterocycles. The van der Waals surface area contributed by atoms with Crippen molar-refractivity contribution in [3.8, 4) is 0 Å². The summed E-state index contributed by atoms with van der Waals surface area (Å²) in [6.45, 7) is 1.03. The van der Waals surface area contributed by atoms with Crippen molar-refractivity contribution in [2.24, 2.45) is 0 Å². The molecule has 0 unspecified atom stereocenters. The van der Waals surface area contributed by atoms with Gasteiger partial charge in [-0.2, -0.15) is 0 Å². The normalized spacial score (nSPS) is 11.8. The van der Waals surface area contributed by atoms with E-state index in [1.165, 1.54) is 18.4 Å². The number of nitrogens with one attached hydrogen (secondary N) is 1. The number of halogens is 1. The fourth-order valence-electron chi connectivity index (χ4n) is 2.55. The lowest BCUT2D eigenvalue weighted by Crippen LogP contribution is -2.35. The van der Waals surface area contributed by atoms with Gasteiger partial charge in [-0.05, 0) is 36.4 Å². The second-order valence-corrected chi connectivity index (χ2v) is 9.51. The molecule has 146 valence electrons. The highest BCUT2D eigenvalue weighted by atomic mass is 79.9. The van der Waals surface area contributed by atoms with Gasteiger partial charge in [0.2, 0.25) is 15.9 Å². The Hall–Kier alpha value is -1.74. The first-order chi connectivity index (χ1) is 12.7. The third kappa shape index (κ3) is 6.14. The van der Waals surface area contributed by atoms with Crippen LogP contribution in [0, 0.1) is 0 Å². The molecule has 1 amide bonds. The minimum Gasteiger partial charge on any atom is -0.351 e. The van der Waals surface area contributed by atoms with Crippen LogP contribution in [0.2, 0.25) is 0 Å². The summed E-state index contributed by atoms with van der Waals surface area (Å²) in [5.41, 5.74) is 1.67. The maximum atomic E-state index is 12.4. The topological polar surface area (TPSA) is 69.7 Å². The van der Waals surface area contributed by atoms with Crippen LogP contribution < -0.4 is 5.32 Å². The van der Waals surface area contributed by atoms with Crippen LogP contribution >= 0.6 is 15.9 Å². The molecule has 0 bridgehead atoms. The molecule has 2 aromatic carbocycles. The van der Waals surface area contributed by atoms with Crippen molar-refractivity contribution in [3.05, 3.63) is 64.1 Å². The van der Waals surface area contributed by atoms with E-state index in [0.29, 0.717) is 12.1 Å². The van der Waals surface area contributed by atoms with Crippen molar-refractivity contribution in [2.75, 3.05) is 27.7 Å². The molecule has 0 fully saturated rings. The Morgan fingerprint density at radius 2 is 1.67 bits per heavy atom. The largest absolute Gasteiger partial charge is 0.351 e. The highest BCUT2D eigenvalue weighted by molar-refractivity contribution is 9.10. The molecular weight excluding hydrogens is 430 g/mol. The first-order valence-electron chi connectivity index (χ1n) is 8.40. The van der Waals surface area contributed by atoms with Gasteiger partial charge in [-0.15, -0.1) is 0 Å². The van der Waals surface area contributed by atoms with Crippen LogP contribution in [0.25, 0.3) is 0 Å². The van der Waals surface area contributed by atoms with E-state index in [1.807, 2.05) is 36.2 Å². The summed E-state index contributed by atoms with van der Waals surface area (Å²) in [5.74, 6) is -0.160. The van der Waals surface area contributed by atoms with Gasteiger partial charge < -0.3 is 5.32 Å². The van der Waals surface area contributed by atoms with E-state index in [9.17, 15) is 13.2 Å². The SMILES string of the molecule is CN(CC(=O)NCc1ccccc1S(=O)(=O)N(C)C)Cc1ccc(Br)cc1. The molecule has 0 saturated carbocycles. The average Bonchev–Trinajstić information content (AvgIpc) is 2.62. The van der Waals surface area contributed by atoms with Crippen LogP contribution in [0.15, 0.2) is 57.9 Å². The number of likely N-dealkylation sites (N-methyl/N-ethyl adjacent to an activating group) is 1. The summed E-state index contributed by atoms with van der Waals surface area (Å²) in [6.07, 6.45) is 0. The Morgan fingerprint density at radius 3 is 2.30 bits per heavy atom. The first kappa shape index (κ1) is 21.6. The molecule has 27 heavy (non-hydrogen) atoms. The van der Waals surface area contributed by atoms with E-state index in [1.54, 1.807) is 24.3 Å². The number of benzene rings is 2. The van der Waals surface area contributed by atoms with Crippen LogP contribution in [0.3, 0.4) is 0 Å². The maximum Gasteiger partial charge on any atom is 0.242 e. The van der Waals surface area contributed by atoms with Gasteiger partial charge in [0.05, 0.1) is 11.4 Å². The van der Waals surface area contributed by atoms with Crippen LogP contribution in [0.1, 0.15) is 11.1 Å². The molecular formula is C19H24BrN3O3S. The number of sulfonamides is 1. The second-order valence-electron chi connectivity index (χ2n) is 6.47. The average molecular weight is 454 g/mol. The number of carbonyl (C=O) groups is 1. The number of carbonyl (C=O) groups excluding carboxylic acids is 1. The standard InChI is InChI=1S/C19H24BrN3O3S/c1-22(2)27(25,26)18-7-5-4-6-16(18)12-21-19(24)14-23(3)13-15-8-10-17(20)11-9-15/h4-11H,12-14H2,1-3H3,(H,21,24). The highest BCUT2D eigenvalue weighted by Gasteiger charge is 2.20. The van der Waals surface area contributed by atoms with E-state index < -0.39 is 10.0 Å². The molecule has 8 heteroatoms. The summed E-state index contributed by atoms with van der Waals surface area (Å²) >= 11 is 3.40. The Bertz CT molecular complexity index is 883. The molecule has 0 aliphatic rings. The summed E-state index contributed by atoms with van der Waals surface area (Å²) in [5, 5.41) is 2.81. The molecule has 0 saturated heterocycles. The monoisotopic (exact) mass is 453 g/mol. The Kier molecular flexibility index (Phi) is 7.55. The van der Waals surface area contributed by atoms with Crippen molar-refractivity contribution in [1.29, 1.82) is 0 Å². The lowest BCUT2D eigenvalue weighted by molar-refractivity contribution is -0.122. The Labute approximate surface area is 169 Å². The number of hydrogen-bond donors (Lipinski definition) is 1. The third-order valence-corrected chi connectivity index (χ3v) is 6.43.